The van der Waals surface area contributed by atoms with Gasteiger partial charge in [-0.2, -0.15) is 0 Å². The largest absolute Gasteiger partial charge is 0.493 e. The van der Waals surface area contributed by atoms with Crippen molar-refractivity contribution in [2.75, 3.05) is 78.7 Å². The van der Waals surface area contributed by atoms with Crippen LogP contribution in [0, 0.1) is 0 Å². The summed E-state index contributed by atoms with van der Waals surface area (Å²) in [5.74, 6) is 1.00. The standard InChI is InChI=1S/C40H46Cl2N6O5/c1-2-53-34-15-10-30(39(50)46-16-4-3-5-17-46)26-33(34)38-43-36(28-6-11-31(41)12-7-28)37(29-8-13-32(42)14-9-29)48(38)40(51)47-20-18-44(19-21-47)27-35(49)45-22-24-52-25-23-45/h6-15,26,36-37H,2-5,16-25,27H2,1H3/t36-,37+/m0/s1. The molecule has 13 heteroatoms. The van der Waals surface area contributed by atoms with Crippen molar-refractivity contribution in [3.05, 3.63) is 99.0 Å². The van der Waals surface area contributed by atoms with Crippen molar-refractivity contribution < 1.29 is 23.9 Å². The number of carbonyl (C=O) groups excluding carboxylic acids is 3. The van der Waals surface area contributed by atoms with Crippen LogP contribution in [0.5, 0.6) is 5.75 Å². The zero-order chi connectivity index (χ0) is 36.9. The second-order valence-corrected chi connectivity index (χ2v) is 14.7. The number of amidine groups is 1. The van der Waals surface area contributed by atoms with E-state index in [1.54, 1.807) is 11.0 Å². The lowest BCUT2D eigenvalue weighted by Gasteiger charge is -2.39. The van der Waals surface area contributed by atoms with Gasteiger partial charge in [0, 0.05) is 68.0 Å². The minimum absolute atomic E-state index is 0.0447. The van der Waals surface area contributed by atoms with E-state index in [4.69, 9.17) is 37.7 Å². The summed E-state index contributed by atoms with van der Waals surface area (Å²) in [4.78, 5) is 56.8. The summed E-state index contributed by atoms with van der Waals surface area (Å²) in [5.41, 5.74) is 2.84. The molecule has 4 amide bonds. The van der Waals surface area contributed by atoms with Crippen LogP contribution in [0.15, 0.2) is 71.7 Å². The molecule has 4 aliphatic heterocycles. The topological polar surface area (TPSA) is 98.2 Å². The number of amides is 4. The Labute approximate surface area is 321 Å². The molecule has 4 aliphatic rings. The molecule has 0 bridgehead atoms. The highest BCUT2D eigenvalue weighted by atomic mass is 35.5. The first-order chi connectivity index (χ1) is 25.8. The van der Waals surface area contributed by atoms with E-state index in [1.165, 1.54) is 0 Å². The predicted molar refractivity (Wildman–Crippen MR) is 205 cm³/mol. The predicted octanol–water partition coefficient (Wildman–Crippen LogP) is 6.16. The average molecular weight is 762 g/mol. The molecule has 0 aliphatic carbocycles. The Kier molecular flexibility index (Phi) is 11.8. The van der Waals surface area contributed by atoms with Crippen LogP contribution in [0.1, 0.15) is 65.3 Å². The summed E-state index contributed by atoms with van der Waals surface area (Å²) in [6.07, 6.45) is 3.07. The maximum atomic E-state index is 15.1. The summed E-state index contributed by atoms with van der Waals surface area (Å²) in [5, 5.41) is 1.18. The van der Waals surface area contributed by atoms with Gasteiger partial charge >= 0.3 is 6.03 Å². The number of hydrogen-bond acceptors (Lipinski definition) is 7. The lowest BCUT2D eigenvalue weighted by atomic mass is 9.93. The van der Waals surface area contributed by atoms with Gasteiger partial charge in [-0.3, -0.25) is 24.4 Å². The second kappa shape index (κ2) is 16.9. The van der Waals surface area contributed by atoms with Gasteiger partial charge in [0.25, 0.3) is 5.91 Å². The number of piperidine rings is 1. The molecule has 3 aromatic carbocycles. The lowest BCUT2D eigenvalue weighted by Crippen LogP contribution is -2.56. The third-order valence-corrected chi connectivity index (χ3v) is 11.0. The van der Waals surface area contributed by atoms with Crippen molar-refractivity contribution in [2.24, 2.45) is 4.99 Å². The number of halogens is 2. The van der Waals surface area contributed by atoms with Gasteiger partial charge in [0.1, 0.15) is 17.6 Å². The molecular formula is C40H46Cl2N6O5. The summed E-state index contributed by atoms with van der Waals surface area (Å²) in [6.45, 7) is 8.33. The van der Waals surface area contributed by atoms with Crippen LogP contribution >= 0.6 is 23.2 Å². The quantitative estimate of drug-likeness (QED) is 0.273. The average Bonchev–Trinajstić information content (AvgIpc) is 3.59. The van der Waals surface area contributed by atoms with Crippen LogP contribution < -0.4 is 4.74 Å². The van der Waals surface area contributed by atoms with E-state index in [-0.39, 0.29) is 17.8 Å². The number of nitrogens with zero attached hydrogens (tertiary/aromatic N) is 6. The molecule has 3 aromatic rings. The molecule has 0 aromatic heterocycles. The van der Waals surface area contributed by atoms with Crippen LogP contribution in [0.4, 0.5) is 4.79 Å². The number of carbonyl (C=O) groups is 3. The summed E-state index contributed by atoms with van der Waals surface area (Å²) in [6, 6.07) is 19.2. The van der Waals surface area contributed by atoms with Crippen molar-refractivity contribution in [1.82, 2.24) is 24.5 Å². The first-order valence-electron chi connectivity index (χ1n) is 18.6. The Morgan fingerprint density at radius 2 is 1.40 bits per heavy atom. The van der Waals surface area contributed by atoms with Crippen LogP contribution in [0.3, 0.4) is 0 Å². The number of rotatable bonds is 8. The number of urea groups is 1. The molecule has 3 fully saturated rings. The molecule has 2 atom stereocenters. The highest BCUT2D eigenvalue weighted by Gasteiger charge is 2.45. The molecule has 4 heterocycles. The van der Waals surface area contributed by atoms with Gasteiger partial charge in [-0.25, -0.2) is 4.79 Å². The van der Waals surface area contributed by atoms with Gasteiger partial charge in [0.05, 0.1) is 38.0 Å². The normalized spacial score (nSPS) is 21.1. The summed E-state index contributed by atoms with van der Waals surface area (Å²) >= 11 is 12.7. The van der Waals surface area contributed by atoms with E-state index < -0.39 is 12.1 Å². The van der Waals surface area contributed by atoms with Gasteiger partial charge in [0.2, 0.25) is 5.91 Å². The Morgan fingerprint density at radius 3 is 2.04 bits per heavy atom. The molecule has 0 radical (unpaired) electrons. The van der Waals surface area contributed by atoms with Crippen LogP contribution in [-0.4, -0.2) is 127 Å². The zero-order valence-electron chi connectivity index (χ0n) is 30.1. The summed E-state index contributed by atoms with van der Waals surface area (Å²) < 4.78 is 11.6. The highest BCUT2D eigenvalue weighted by molar-refractivity contribution is 6.30. The molecule has 0 saturated carbocycles. The minimum Gasteiger partial charge on any atom is -0.493 e. The van der Waals surface area contributed by atoms with Crippen molar-refractivity contribution in [3.8, 4) is 5.75 Å². The van der Waals surface area contributed by atoms with Crippen molar-refractivity contribution in [1.29, 1.82) is 0 Å². The van der Waals surface area contributed by atoms with Crippen molar-refractivity contribution >= 4 is 46.9 Å². The monoisotopic (exact) mass is 760 g/mol. The molecule has 3 saturated heterocycles. The second-order valence-electron chi connectivity index (χ2n) is 13.9. The van der Waals surface area contributed by atoms with Crippen LogP contribution in [-0.2, 0) is 9.53 Å². The van der Waals surface area contributed by atoms with Gasteiger partial charge in [0.15, 0.2) is 0 Å². The maximum absolute atomic E-state index is 15.1. The fourth-order valence-electron chi connectivity index (χ4n) is 7.61. The highest BCUT2D eigenvalue weighted by Crippen LogP contribution is 2.45. The van der Waals surface area contributed by atoms with Gasteiger partial charge in [-0.15, -0.1) is 0 Å². The van der Waals surface area contributed by atoms with E-state index in [1.807, 2.05) is 82.3 Å². The van der Waals surface area contributed by atoms with E-state index in [9.17, 15) is 9.59 Å². The van der Waals surface area contributed by atoms with Gasteiger partial charge in [-0.1, -0.05) is 47.5 Å². The molecular weight excluding hydrogens is 715 g/mol. The molecule has 0 spiro atoms. The number of piperazine rings is 1. The van der Waals surface area contributed by atoms with Gasteiger partial charge < -0.3 is 24.2 Å². The van der Waals surface area contributed by atoms with E-state index in [0.717, 1.165) is 30.4 Å². The third-order valence-electron chi connectivity index (χ3n) is 10.5. The number of benzene rings is 3. The molecule has 53 heavy (non-hydrogen) atoms. The maximum Gasteiger partial charge on any atom is 0.326 e. The SMILES string of the molecule is CCOc1ccc(C(=O)N2CCCCC2)cc1C1=N[C@@H](c2ccc(Cl)cc2)[C@@H](c2ccc(Cl)cc2)N1C(=O)N1CCN(CC(=O)N2CCOCC2)CC1. The fourth-order valence-corrected chi connectivity index (χ4v) is 7.86. The number of likely N-dealkylation sites (tertiary alicyclic amines) is 1. The first-order valence-corrected chi connectivity index (χ1v) is 19.4. The molecule has 0 unspecified atom stereocenters. The number of morpholine rings is 1. The van der Waals surface area contributed by atoms with Crippen LogP contribution in [0.25, 0.3) is 0 Å². The van der Waals surface area contributed by atoms with Gasteiger partial charge in [-0.05, 0) is 79.8 Å². The summed E-state index contributed by atoms with van der Waals surface area (Å²) in [7, 11) is 0. The Hall–Kier alpha value is -4.16. The van der Waals surface area contributed by atoms with Crippen LogP contribution in [0.2, 0.25) is 10.0 Å². The number of ether oxygens (including phenoxy) is 2. The Morgan fingerprint density at radius 1 is 0.755 bits per heavy atom. The lowest BCUT2D eigenvalue weighted by molar-refractivity contribution is -0.136. The third kappa shape index (κ3) is 8.33. The Bertz CT molecular complexity index is 1800. The van der Waals surface area contributed by atoms with E-state index in [0.29, 0.717) is 111 Å². The molecule has 0 N–H and O–H groups in total. The van der Waals surface area contributed by atoms with Crippen molar-refractivity contribution in [2.45, 2.75) is 38.3 Å². The zero-order valence-corrected chi connectivity index (χ0v) is 31.6. The minimum atomic E-state index is -0.548. The van der Waals surface area contributed by atoms with E-state index >= 15 is 4.79 Å². The smallest absolute Gasteiger partial charge is 0.326 e. The molecule has 7 rings (SSSR count). The van der Waals surface area contributed by atoms with E-state index in [2.05, 4.69) is 4.90 Å². The number of aliphatic imine (C=N–C) groups is 1. The Balaban J connectivity index is 1.26. The fraction of sp³-hybridized carbons (Fsp3) is 0.450. The molecule has 280 valence electrons. The number of hydrogen-bond donors (Lipinski definition) is 0. The van der Waals surface area contributed by atoms with Crippen molar-refractivity contribution in [3.63, 3.8) is 0 Å². The first kappa shape index (κ1) is 37.2. The molecule has 11 nitrogen and oxygen atoms in total.